The van der Waals surface area contributed by atoms with E-state index in [2.05, 4.69) is 5.32 Å². The third-order valence-electron chi connectivity index (χ3n) is 2.57. The quantitative estimate of drug-likeness (QED) is 0.880. The highest BCUT2D eigenvalue weighted by atomic mass is 35.5. The van der Waals surface area contributed by atoms with Crippen LogP contribution in [0.2, 0.25) is 5.02 Å². The summed E-state index contributed by atoms with van der Waals surface area (Å²) < 4.78 is 0. The zero-order valence-electron chi connectivity index (χ0n) is 10.5. The molecule has 2 amide bonds. The minimum atomic E-state index is -0.464. The first-order valence-corrected chi connectivity index (χ1v) is 6.37. The van der Waals surface area contributed by atoms with E-state index in [0.29, 0.717) is 10.6 Å². The molecule has 0 saturated carbocycles. The zero-order chi connectivity index (χ0) is 14.4. The summed E-state index contributed by atoms with van der Waals surface area (Å²) in [6.07, 6.45) is 2.92. The number of nitrogens with one attached hydrogen (secondary N) is 1. The van der Waals surface area contributed by atoms with Crippen molar-refractivity contribution < 1.29 is 9.59 Å². The van der Waals surface area contributed by atoms with E-state index in [1.165, 1.54) is 6.08 Å². The lowest BCUT2D eigenvalue weighted by molar-refractivity contribution is -0.115. The van der Waals surface area contributed by atoms with Gasteiger partial charge in [-0.2, -0.15) is 0 Å². The molecular weight excluding hydrogens is 274 g/mol. The summed E-state index contributed by atoms with van der Waals surface area (Å²) in [6, 6.07) is 15.6. The van der Waals surface area contributed by atoms with E-state index in [1.807, 2.05) is 0 Å². The molecule has 2 aromatic carbocycles. The van der Waals surface area contributed by atoms with E-state index < -0.39 is 11.8 Å². The molecule has 100 valence electrons. The van der Waals surface area contributed by atoms with Crippen LogP contribution in [0.15, 0.2) is 60.7 Å². The Bertz CT molecular complexity index is 633. The second kappa shape index (κ2) is 6.68. The number of hydrogen-bond acceptors (Lipinski definition) is 2. The maximum absolute atomic E-state index is 11.7. The molecular formula is C16H12ClNO2. The Morgan fingerprint density at radius 2 is 1.60 bits per heavy atom. The van der Waals surface area contributed by atoms with Gasteiger partial charge < -0.3 is 0 Å². The molecule has 4 heteroatoms. The van der Waals surface area contributed by atoms with Gasteiger partial charge in [-0.05, 0) is 35.9 Å². The van der Waals surface area contributed by atoms with Crippen LogP contribution < -0.4 is 5.32 Å². The van der Waals surface area contributed by atoms with Gasteiger partial charge in [0.2, 0.25) is 0 Å². The van der Waals surface area contributed by atoms with E-state index in [1.54, 1.807) is 60.7 Å². The normalized spacial score (nSPS) is 10.4. The molecule has 2 rings (SSSR count). The van der Waals surface area contributed by atoms with E-state index >= 15 is 0 Å². The van der Waals surface area contributed by atoms with Gasteiger partial charge in [0.05, 0.1) is 0 Å². The average molecular weight is 286 g/mol. The first-order valence-electron chi connectivity index (χ1n) is 5.99. The third-order valence-corrected chi connectivity index (χ3v) is 2.82. The fourth-order valence-electron chi connectivity index (χ4n) is 1.56. The molecule has 0 bridgehead atoms. The second-order valence-electron chi connectivity index (χ2n) is 4.07. The monoisotopic (exact) mass is 285 g/mol. The van der Waals surface area contributed by atoms with E-state index in [9.17, 15) is 9.59 Å². The van der Waals surface area contributed by atoms with Crippen LogP contribution in [-0.2, 0) is 4.79 Å². The predicted molar refractivity (Wildman–Crippen MR) is 79.4 cm³/mol. The van der Waals surface area contributed by atoms with Gasteiger partial charge in [0.1, 0.15) is 0 Å². The van der Waals surface area contributed by atoms with Gasteiger partial charge in [0.25, 0.3) is 11.8 Å². The summed E-state index contributed by atoms with van der Waals surface area (Å²) in [5.41, 5.74) is 1.28. The number of imide groups is 1. The predicted octanol–water partition coefficient (Wildman–Crippen LogP) is 3.31. The molecule has 0 spiro atoms. The van der Waals surface area contributed by atoms with Crippen LogP contribution in [0.25, 0.3) is 6.08 Å². The largest absolute Gasteiger partial charge is 0.289 e. The van der Waals surface area contributed by atoms with E-state index in [-0.39, 0.29) is 0 Å². The Balaban J connectivity index is 1.96. The minimum Gasteiger partial charge on any atom is -0.289 e. The molecule has 0 aliphatic heterocycles. The number of amides is 2. The van der Waals surface area contributed by atoms with Crippen LogP contribution in [0, 0.1) is 0 Å². The van der Waals surface area contributed by atoms with Crippen LogP contribution in [0.4, 0.5) is 0 Å². The lowest BCUT2D eigenvalue weighted by atomic mass is 10.2. The van der Waals surface area contributed by atoms with Gasteiger partial charge in [-0.25, -0.2) is 0 Å². The fraction of sp³-hybridized carbons (Fsp3) is 0. The fourth-order valence-corrected chi connectivity index (χ4v) is 1.69. The number of halogens is 1. The number of hydrogen-bond donors (Lipinski definition) is 1. The molecule has 0 aromatic heterocycles. The van der Waals surface area contributed by atoms with Gasteiger partial charge in [-0.3, -0.25) is 14.9 Å². The molecule has 1 N–H and O–H groups in total. The topological polar surface area (TPSA) is 46.2 Å². The summed E-state index contributed by atoms with van der Waals surface area (Å²) >= 11 is 5.76. The maximum atomic E-state index is 11.7. The van der Waals surface area contributed by atoms with Gasteiger partial charge in [-0.15, -0.1) is 0 Å². The highest BCUT2D eigenvalue weighted by molar-refractivity contribution is 6.30. The third kappa shape index (κ3) is 4.07. The lowest BCUT2D eigenvalue weighted by Gasteiger charge is -2.00. The van der Waals surface area contributed by atoms with Crippen LogP contribution >= 0.6 is 11.6 Å². The Labute approximate surface area is 121 Å². The van der Waals surface area contributed by atoms with Crippen molar-refractivity contribution in [2.45, 2.75) is 0 Å². The number of benzene rings is 2. The van der Waals surface area contributed by atoms with Crippen LogP contribution in [-0.4, -0.2) is 11.8 Å². The van der Waals surface area contributed by atoms with Crippen LogP contribution in [0.5, 0.6) is 0 Å². The second-order valence-corrected chi connectivity index (χ2v) is 4.51. The van der Waals surface area contributed by atoms with Gasteiger partial charge in [0.15, 0.2) is 0 Å². The first kappa shape index (κ1) is 14.0. The van der Waals surface area contributed by atoms with E-state index in [0.717, 1.165) is 5.56 Å². The van der Waals surface area contributed by atoms with Crippen molar-refractivity contribution in [3.8, 4) is 0 Å². The average Bonchev–Trinajstić information content (AvgIpc) is 2.47. The van der Waals surface area contributed by atoms with Crippen molar-refractivity contribution in [3.05, 3.63) is 76.8 Å². The molecule has 2 aromatic rings. The highest BCUT2D eigenvalue weighted by Crippen LogP contribution is 2.10. The standard InChI is InChI=1S/C16H12ClNO2/c17-14-9-6-12(7-10-14)8-11-15(19)18-16(20)13-4-2-1-3-5-13/h1-11H,(H,18,19,20)/b11-8+. The van der Waals surface area contributed by atoms with Gasteiger partial charge in [-0.1, -0.05) is 41.9 Å². The first-order chi connectivity index (χ1) is 9.65. The Morgan fingerprint density at radius 1 is 0.950 bits per heavy atom. The number of carbonyl (C=O) groups is 2. The Kier molecular flexibility index (Phi) is 4.69. The summed E-state index contributed by atoms with van der Waals surface area (Å²) in [5, 5.41) is 2.92. The summed E-state index contributed by atoms with van der Waals surface area (Å²) in [7, 11) is 0. The number of carbonyl (C=O) groups excluding carboxylic acids is 2. The molecule has 3 nitrogen and oxygen atoms in total. The van der Waals surface area contributed by atoms with Crippen molar-refractivity contribution in [3.63, 3.8) is 0 Å². The molecule has 0 aliphatic carbocycles. The van der Waals surface area contributed by atoms with E-state index in [4.69, 9.17) is 11.6 Å². The Morgan fingerprint density at radius 3 is 2.25 bits per heavy atom. The summed E-state index contributed by atoms with van der Waals surface area (Å²) in [6.45, 7) is 0. The molecule has 0 atom stereocenters. The maximum Gasteiger partial charge on any atom is 0.258 e. The van der Waals surface area contributed by atoms with Gasteiger partial charge in [0, 0.05) is 16.7 Å². The minimum absolute atomic E-state index is 0.420. The molecule has 0 aliphatic rings. The molecule has 0 fully saturated rings. The molecule has 0 heterocycles. The summed E-state index contributed by atoms with van der Waals surface area (Å²) in [4.78, 5) is 23.4. The van der Waals surface area contributed by atoms with Crippen LogP contribution in [0.1, 0.15) is 15.9 Å². The van der Waals surface area contributed by atoms with Crippen molar-refractivity contribution >= 4 is 29.5 Å². The molecule has 0 unspecified atom stereocenters. The van der Waals surface area contributed by atoms with Crippen molar-refractivity contribution in [2.24, 2.45) is 0 Å². The smallest absolute Gasteiger partial charge is 0.258 e. The molecule has 0 radical (unpaired) electrons. The highest BCUT2D eigenvalue weighted by Gasteiger charge is 2.06. The lowest BCUT2D eigenvalue weighted by Crippen LogP contribution is -2.28. The molecule has 20 heavy (non-hydrogen) atoms. The Hall–Kier alpha value is -2.39. The number of rotatable bonds is 3. The zero-order valence-corrected chi connectivity index (χ0v) is 11.3. The summed E-state index contributed by atoms with van der Waals surface area (Å²) in [5.74, 6) is -0.884. The van der Waals surface area contributed by atoms with Crippen molar-refractivity contribution in [2.75, 3.05) is 0 Å². The molecule has 0 saturated heterocycles. The van der Waals surface area contributed by atoms with Crippen LogP contribution in [0.3, 0.4) is 0 Å². The van der Waals surface area contributed by atoms with Gasteiger partial charge >= 0.3 is 0 Å². The SMILES string of the molecule is O=C(/C=C/c1ccc(Cl)cc1)NC(=O)c1ccccc1. The van der Waals surface area contributed by atoms with Crippen molar-refractivity contribution in [1.82, 2.24) is 5.32 Å². The van der Waals surface area contributed by atoms with Crippen molar-refractivity contribution in [1.29, 1.82) is 0 Å².